The zero-order chi connectivity index (χ0) is 11.7. The number of aromatic carboxylic acids is 1. The quantitative estimate of drug-likeness (QED) is 0.753. The van der Waals surface area contributed by atoms with Gasteiger partial charge in [0.15, 0.2) is 0 Å². The van der Waals surface area contributed by atoms with Gasteiger partial charge in [0.25, 0.3) is 0 Å². The molecule has 0 spiro atoms. The van der Waals surface area contributed by atoms with Crippen LogP contribution < -0.4 is 5.11 Å². The first kappa shape index (κ1) is 10.5. The van der Waals surface area contributed by atoms with Crippen molar-refractivity contribution in [3.8, 4) is 0 Å². The third-order valence-corrected chi connectivity index (χ3v) is 2.27. The summed E-state index contributed by atoms with van der Waals surface area (Å²) in [6, 6.07) is 4.94. The molecule has 0 aromatic carbocycles. The van der Waals surface area contributed by atoms with Crippen LogP contribution in [0.3, 0.4) is 0 Å². The van der Waals surface area contributed by atoms with E-state index in [1.54, 1.807) is 10.7 Å². The van der Waals surface area contributed by atoms with Crippen molar-refractivity contribution in [2.75, 3.05) is 0 Å². The second-order valence-corrected chi connectivity index (χ2v) is 3.64. The fourth-order valence-electron chi connectivity index (χ4n) is 1.56. The van der Waals surface area contributed by atoms with Gasteiger partial charge in [-0.1, -0.05) is 0 Å². The predicted octanol–water partition coefficient (Wildman–Crippen LogP) is 0.505. The highest BCUT2D eigenvalue weighted by Crippen LogP contribution is 2.10. The fourth-order valence-corrected chi connectivity index (χ4v) is 1.56. The molecule has 0 N–H and O–H groups in total. The van der Waals surface area contributed by atoms with Crippen molar-refractivity contribution in [1.29, 1.82) is 0 Å². The van der Waals surface area contributed by atoms with E-state index in [-0.39, 0.29) is 5.76 Å². The minimum Gasteiger partial charge on any atom is -0.542 e. The Morgan fingerprint density at radius 3 is 2.75 bits per heavy atom. The Labute approximate surface area is 92.3 Å². The number of aromatic nitrogens is 2. The maximum atomic E-state index is 10.5. The highest BCUT2D eigenvalue weighted by atomic mass is 16.4. The van der Waals surface area contributed by atoms with Crippen molar-refractivity contribution in [2.45, 2.75) is 20.4 Å². The maximum Gasteiger partial charge on any atom is 0.149 e. The largest absolute Gasteiger partial charge is 0.542 e. The third-order valence-electron chi connectivity index (χ3n) is 2.27. The number of hydrogen-bond acceptors (Lipinski definition) is 4. The predicted molar refractivity (Wildman–Crippen MR) is 53.8 cm³/mol. The number of nitrogens with zero attached hydrogens (tertiary/aromatic N) is 2. The molecule has 0 aliphatic carbocycles. The molecule has 0 amide bonds. The Morgan fingerprint density at radius 1 is 1.50 bits per heavy atom. The van der Waals surface area contributed by atoms with E-state index >= 15 is 0 Å². The van der Waals surface area contributed by atoms with Crippen LogP contribution in [0.5, 0.6) is 0 Å². The molecular formula is C11H11N2O3-. The molecule has 2 aromatic rings. The van der Waals surface area contributed by atoms with E-state index in [0.29, 0.717) is 12.3 Å². The van der Waals surface area contributed by atoms with Crippen LogP contribution in [0.2, 0.25) is 0 Å². The molecule has 16 heavy (non-hydrogen) atoms. The Kier molecular flexibility index (Phi) is 2.52. The first-order valence-corrected chi connectivity index (χ1v) is 4.87. The average molecular weight is 219 g/mol. The summed E-state index contributed by atoms with van der Waals surface area (Å²) in [5.41, 5.74) is 1.92. The second-order valence-electron chi connectivity index (χ2n) is 3.64. The SMILES string of the molecule is Cc1cc(C)n(Cc2ccc(C(=O)[O-])o2)n1. The fraction of sp³-hybridized carbons (Fsp3) is 0.273. The van der Waals surface area contributed by atoms with Gasteiger partial charge in [0, 0.05) is 5.69 Å². The van der Waals surface area contributed by atoms with Crippen LogP contribution >= 0.6 is 0 Å². The van der Waals surface area contributed by atoms with Crippen LogP contribution in [0, 0.1) is 13.8 Å². The molecule has 2 rings (SSSR count). The Balaban J connectivity index is 2.20. The lowest BCUT2D eigenvalue weighted by Gasteiger charge is -2.01. The molecule has 0 unspecified atom stereocenters. The Morgan fingerprint density at radius 2 is 2.25 bits per heavy atom. The van der Waals surface area contributed by atoms with Crippen molar-refractivity contribution in [2.24, 2.45) is 0 Å². The van der Waals surface area contributed by atoms with Crippen molar-refractivity contribution in [3.05, 3.63) is 41.1 Å². The summed E-state index contributed by atoms with van der Waals surface area (Å²) >= 11 is 0. The van der Waals surface area contributed by atoms with Crippen LogP contribution in [-0.2, 0) is 6.54 Å². The summed E-state index contributed by atoms with van der Waals surface area (Å²) in [5, 5.41) is 14.8. The van der Waals surface area contributed by atoms with Crippen LogP contribution in [-0.4, -0.2) is 15.7 Å². The lowest BCUT2D eigenvalue weighted by Crippen LogP contribution is -2.21. The molecule has 0 atom stereocenters. The van der Waals surface area contributed by atoms with Gasteiger partial charge in [-0.3, -0.25) is 4.68 Å². The molecule has 84 valence electrons. The van der Waals surface area contributed by atoms with Crippen molar-refractivity contribution < 1.29 is 14.3 Å². The van der Waals surface area contributed by atoms with Gasteiger partial charge in [0.2, 0.25) is 0 Å². The first-order chi connectivity index (χ1) is 7.56. The minimum absolute atomic E-state index is 0.156. The van der Waals surface area contributed by atoms with E-state index in [1.165, 1.54) is 6.07 Å². The molecule has 0 aliphatic rings. The topological polar surface area (TPSA) is 71.1 Å². The Hall–Kier alpha value is -2.04. The number of carbonyl (C=O) groups excluding carboxylic acids is 1. The van der Waals surface area contributed by atoms with Crippen molar-refractivity contribution >= 4 is 5.97 Å². The summed E-state index contributed by atoms with van der Waals surface area (Å²) < 4.78 is 6.85. The smallest absolute Gasteiger partial charge is 0.149 e. The number of rotatable bonds is 3. The summed E-state index contributed by atoms with van der Waals surface area (Å²) in [5.74, 6) is -0.915. The number of furan rings is 1. The molecule has 0 radical (unpaired) electrons. The Bertz CT molecular complexity index is 525. The van der Waals surface area contributed by atoms with E-state index in [1.807, 2.05) is 19.9 Å². The number of carboxylic acids is 1. The summed E-state index contributed by atoms with van der Waals surface area (Å²) in [7, 11) is 0. The van der Waals surface area contributed by atoms with E-state index in [4.69, 9.17) is 4.42 Å². The van der Waals surface area contributed by atoms with E-state index < -0.39 is 5.97 Å². The molecule has 0 saturated carbocycles. The molecule has 0 bridgehead atoms. The molecule has 2 aromatic heterocycles. The zero-order valence-corrected chi connectivity index (χ0v) is 9.06. The highest BCUT2D eigenvalue weighted by molar-refractivity contribution is 5.82. The van der Waals surface area contributed by atoms with E-state index in [2.05, 4.69) is 5.10 Å². The van der Waals surface area contributed by atoms with Gasteiger partial charge >= 0.3 is 0 Å². The molecule has 5 heteroatoms. The maximum absolute atomic E-state index is 10.5. The number of carbonyl (C=O) groups is 1. The van der Waals surface area contributed by atoms with Gasteiger partial charge in [-0.15, -0.1) is 0 Å². The molecular weight excluding hydrogens is 208 g/mol. The van der Waals surface area contributed by atoms with E-state index in [9.17, 15) is 9.90 Å². The van der Waals surface area contributed by atoms with E-state index in [0.717, 1.165) is 11.4 Å². The molecule has 5 nitrogen and oxygen atoms in total. The van der Waals surface area contributed by atoms with Gasteiger partial charge in [0.05, 0.1) is 12.2 Å². The lowest BCUT2D eigenvalue weighted by molar-refractivity contribution is -0.257. The number of hydrogen-bond donors (Lipinski definition) is 0. The van der Waals surface area contributed by atoms with Gasteiger partial charge in [-0.05, 0) is 32.0 Å². The zero-order valence-electron chi connectivity index (χ0n) is 9.06. The molecule has 0 fully saturated rings. The van der Waals surface area contributed by atoms with Gasteiger partial charge in [0.1, 0.15) is 17.5 Å². The van der Waals surface area contributed by atoms with Crippen LogP contribution in [0.15, 0.2) is 22.6 Å². The minimum atomic E-state index is -1.31. The van der Waals surface area contributed by atoms with Crippen LogP contribution in [0.25, 0.3) is 0 Å². The van der Waals surface area contributed by atoms with Gasteiger partial charge < -0.3 is 14.3 Å². The van der Waals surface area contributed by atoms with Gasteiger partial charge in [-0.25, -0.2) is 0 Å². The summed E-state index contributed by atoms with van der Waals surface area (Å²) in [6.45, 7) is 4.26. The highest BCUT2D eigenvalue weighted by Gasteiger charge is 2.06. The summed E-state index contributed by atoms with van der Waals surface area (Å²) in [6.07, 6.45) is 0. The standard InChI is InChI=1S/C11H12N2O3/c1-7-5-8(2)13(12-7)6-9-3-4-10(16-9)11(14)15/h3-5H,6H2,1-2H3,(H,14,15)/p-1. The van der Waals surface area contributed by atoms with Gasteiger partial charge in [-0.2, -0.15) is 5.10 Å². The van der Waals surface area contributed by atoms with Crippen LogP contribution in [0.4, 0.5) is 0 Å². The summed E-state index contributed by atoms with van der Waals surface area (Å²) in [4.78, 5) is 10.5. The molecule has 0 saturated heterocycles. The number of carboxylic acid groups (broad SMARTS) is 1. The normalized spacial score (nSPS) is 10.6. The van der Waals surface area contributed by atoms with Crippen molar-refractivity contribution in [3.63, 3.8) is 0 Å². The average Bonchev–Trinajstić information content (AvgIpc) is 2.75. The van der Waals surface area contributed by atoms with Crippen LogP contribution in [0.1, 0.15) is 27.7 Å². The lowest BCUT2D eigenvalue weighted by atomic mass is 10.4. The number of aryl methyl sites for hydroxylation is 2. The molecule has 0 aliphatic heterocycles. The van der Waals surface area contributed by atoms with Crippen molar-refractivity contribution in [1.82, 2.24) is 9.78 Å². The second kappa shape index (κ2) is 3.84. The first-order valence-electron chi connectivity index (χ1n) is 4.87. The monoisotopic (exact) mass is 219 g/mol. The third kappa shape index (κ3) is 1.98. The molecule has 2 heterocycles.